The Morgan fingerprint density at radius 2 is 1.88 bits per heavy atom. The zero-order valence-corrected chi connectivity index (χ0v) is 16.0. The molecule has 1 saturated carbocycles. The molecule has 0 saturated heterocycles. The van der Waals surface area contributed by atoms with Gasteiger partial charge in [0.1, 0.15) is 0 Å². The third-order valence-corrected chi connectivity index (χ3v) is 5.38. The number of para-hydroxylation sites is 1. The Morgan fingerprint density at radius 1 is 1.12 bits per heavy atom. The summed E-state index contributed by atoms with van der Waals surface area (Å²) in [7, 11) is 0. The molecule has 2 aromatic carbocycles. The molecule has 136 valence electrons. The molecule has 4 nitrogen and oxygen atoms in total. The van der Waals surface area contributed by atoms with Crippen LogP contribution in [0.5, 0.6) is 0 Å². The molecule has 0 radical (unpaired) electrons. The molecule has 1 heterocycles. The van der Waals surface area contributed by atoms with Crippen molar-refractivity contribution in [2.24, 2.45) is 5.92 Å². The fourth-order valence-corrected chi connectivity index (χ4v) is 3.79. The molecule has 3 aromatic rings. The van der Waals surface area contributed by atoms with Crippen LogP contribution in [0.2, 0.25) is 0 Å². The summed E-state index contributed by atoms with van der Waals surface area (Å²) in [5.41, 5.74) is 3.10. The SMILES string of the molecule is Cl.O=C(CNCC1CC1)Nc1ccc(Cc2nc3ccccc3s2)cc1. The molecular formula is C20H22ClN3OS. The molecule has 26 heavy (non-hydrogen) atoms. The van der Waals surface area contributed by atoms with Gasteiger partial charge in [-0.05, 0) is 55.1 Å². The lowest BCUT2D eigenvalue weighted by Crippen LogP contribution is -2.29. The highest BCUT2D eigenvalue weighted by Crippen LogP contribution is 2.27. The lowest BCUT2D eigenvalue weighted by Gasteiger charge is -2.07. The Labute approximate surface area is 163 Å². The second-order valence-electron chi connectivity index (χ2n) is 6.57. The highest BCUT2D eigenvalue weighted by Gasteiger charge is 2.20. The molecule has 1 amide bonds. The number of hydrogen-bond acceptors (Lipinski definition) is 4. The molecule has 2 N–H and O–H groups in total. The van der Waals surface area contributed by atoms with E-state index in [1.807, 2.05) is 30.3 Å². The van der Waals surface area contributed by atoms with Crippen molar-refractivity contribution in [3.8, 4) is 0 Å². The van der Waals surface area contributed by atoms with Crippen molar-refractivity contribution >= 4 is 45.6 Å². The second kappa shape index (κ2) is 8.62. The van der Waals surface area contributed by atoms with Gasteiger partial charge in [-0.3, -0.25) is 4.79 Å². The topological polar surface area (TPSA) is 54.0 Å². The molecular weight excluding hydrogens is 366 g/mol. The third kappa shape index (κ3) is 5.04. The summed E-state index contributed by atoms with van der Waals surface area (Å²) >= 11 is 1.73. The van der Waals surface area contributed by atoms with Gasteiger partial charge >= 0.3 is 0 Å². The maximum atomic E-state index is 11.9. The minimum Gasteiger partial charge on any atom is -0.325 e. The highest BCUT2D eigenvalue weighted by atomic mass is 35.5. The van der Waals surface area contributed by atoms with Crippen molar-refractivity contribution in [1.29, 1.82) is 0 Å². The number of thiazole rings is 1. The molecule has 1 aliphatic carbocycles. The molecule has 1 aliphatic rings. The van der Waals surface area contributed by atoms with Crippen LogP contribution < -0.4 is 10.6 Å². The van der Waals surface area contributed by atoms with Crippen molar-refractivity contribution in [2.45, 2.75) is 19.3 Å². The Morgan fingerprint density at radius 3 is 2.62 bits per heavy atom. The monoisotopic (exact) mass is 387 g/mol. The summed E-state index contributed by atoms with van der Waals surface area (Å²) in [5.74, 6) is 0.800. The predicted molar refractivity (Wildman–Crippen MR) is 110 cm³/mol. The van der Waals surface area contributed by atoms with Crippen molar-refractivity contribution in [3.05, 3.63) is 59.1 Å². The van der Waals surface area contributed by atoms with E-state index in [1.165, 1.54) is 23.1 Å². The summed E-state index contributed by atoms with van der Waals surface area (Å²) in [6.45, 7) is 1.33. The fraction of sp³-hybridized carbons (Fsp3) is 0.300. The molecule has 1 fully saturated rings. The van der Waals surface area contributed by atoms with Crippen molar-refractivity contribution in [2.75, 3.05) is 18.4 Å². The first-order valence-corrected chi connectivity index (χ1v) is 9.52. The standard InChI is InChI=1S/C20H21N3OS.ClH/c24-19(13-21-12-15-5-6-15)22-16-9-7-14(8-10-16)11-20-23-17-3-1-2-4-18(17)25-20;/h1-4,7-10,15,21H,5-6,11-13H2,(H,22,24);1H. The average molecular weight is 388 g/mol. The lowest BCUT2D eigenvalue weighted by molar-refractivity contribution is -0.115. The Bertz CT molecular complexity index is 841. The number of fused-ring (bicyclic) bond motifs is 1. The first-order chi connectivity index (χ1) is 12.3. The van der Waals surface area contributed by atoms with E-state index < -0.39 is 0 Å². The van der Waals surface area contributed by atoms with Gasteiger partial charge in [0.2, 0.25) is 5.91 Å². The number of hydrogen-bond donors (Lipinski definition) is 2. The summed E-state index contributed by atoms with van der Waals surface area (Å²) in [6.07, 6.45) is 3.41. The zero-order chi connectivity index (χ0) is 17.1. The Hall–Kier alpha value is -1.95. The molecule has 1 aromatic heterocycles. The van der Waals surface area contributed by atoms with Gasteiger partial charge in [-0.25, -0.2) is 4.98 Å². The van der Waals surface area contributed by atoms with Crippen LogP contribution in [-0.2, 0) is 11.2 Å². The Balaban J connectivity index is 0.00000196. The van der Waals surface area contributed by atoms with E-state index in [0.29, 0.717) is 6.54 Å². The Kier molecular flexibility index (Phi) is 6.25. The van der Waals surface area contributed by atoms with Gasteiger partial charge in [0, 0.05) is 12.1 Å². The van der Waals surface area contributed by atoms with Gasteiger partial charge in [-0.15, -0.1) is 23.7 Å². The number of amides is 1. The van der Waals surface area contributed by atoms with Crippen molar-refractivity contribution in [3.63, 3.8) is 0 Å². The summed E-state index contributed by atoms with van der Waals surface area (Å²) in [6, 6.07) is 16.2. The summed E-state index contributed by atoms with van der Waals surface area (Å²) in [5, 5.41) is 7.25. The van der Waals surface area contributed by atoms with Crippen LogP contribution in [0.25, 0.3) is 10.2 Å². The smallest absolute Gasteiger partial charge is 0.238 e. The number of nitrogens with zero attached hydrogens (tertiary/aromatic N) is 1. The third-order valence-electron chi connectivity index (χ3n) is 4.35. The van der Waals surface area contributed by atoms with Crippen LogP contribution in [-0.4, -0.2) is 24.0 Å². The number of rotatable bonds is 7. The number of carbonyl (C=O) groups is 1. The van der Waals surface area contributed by atoms with E-state index in [4.69, 9.17) is 0 Å². The minimum absolute atomic E-state index is 0. The quantitative estimate of drug-likeness (QED) is 0.637. The van der Waals surface area contributed by atoms with E-state index >= 15 is 0 Å². The number of aromatic nitrogens is 1. The molecule has 4 rings (SSSR count). The number of carbonyl (C=O) groups excluding carboxylic acids is 1. The number of benzene rings is 2. The molecule has 0 aliphatic heterocycles. The van der Waals surface area contributed by atoms with Crippen LogP contribution in [0.15, 0.2) is 48.5 Å². The van der Waals surface area contributed by atoms with Gasteiger partial charge < -0.3 is 10.6 Å². The summed E-state index contributed by atoms with van der Waals surface area (Å²) in [4.78, 5) is 16.6. The maximum absolute atomic E-state index is 11.9. The van der Waals surface area contributed by atoms with E-state index in [1.54, 1.807) is 11.3 Å². The fourth-order valence-electron chi connectivity index (χ4n) is 2.79. The molecule has 0 bridgehead atoms. The van der Waals surface area contributed by atoms with Crippen LogP contribution in [0, 0.1) is 5.92 Å². The van der Waals surface area contributed by atoms with E-state index in [2.05, 4.69) is 33.8 Å². The number of anilines is 1. The molecule has 6 heteroatoms. The number of halogens is 1. The molecule has 0 unspecified atom stereocenters. The van der Waals surface area contributed by atoms with Gasteiger partial charge in [0.25, 0.3) is 0 Å². The first-order valence-electron chi connectivity index (χ1n) is 8.70. The minimum atomic E-state index is 0. The van der Waals surface area contributed by atoms with Crippen molar-refractivity contribution < 1.29 is 4.79 Å². The average Bonchev–Trinajstić information content (AvgIpc) is 3.34. The van der Waals surface area contributed by atoms with E-state index in [-0.39, 0.29) is 18.3 Å². The predicted octanol–water partition coefficient (Wildman–Crippen LogP) is 4.25. The highest BCUT2D eigenvalue weighted by molar-refractivity contribution is 7.18. The van der Waals surface area contributed by atoms with Gasteiger partial charge in [-0.1, -0.05) is 24.3 Å². The molecule has 0 atom stereocenters. The summed E-state index contributed by atoms with van der Waals surface area (Å²) < 4.78 is 1.22. The van der Waals surface area contributed by atoms with Crippen LogP contribution in [0.1, 0.15) is 23.4 Å². The van der Waals surface area contributed by atoms with Gasteiger partial charge in [0.15, 0.2) is 0 Å². The lowest BCUT2D eigenvalue weighted by atomic mass is 10.1. The van der Waals surface area contributed by atoms with Gasteiger partial charge in [-0.2, -0.15) is 0 Å². The first kappa shape index (κ1) is 18.8. The molecule has 0 spiro atoms. The van der Waals surface area contributed by atoms with E-state index in [0.717, 1.165) is 35.1 Å². The largest absolute Gasteiger partial charge is 0.325 e. The second-order valence-corrected chi connectivity index (χ2v) is 7.69. The number of nitrogens with one attached hydrogen (secondary N) is 2. The van der Waals surface area contributed by atoms with Gasteiger partial charge in [0.05, 0.1) is 21.8 Å². The van der Waals surface area contributed by atoms with Crippen LogP contribution >= 0.6 is 23.7 Å². The van der Waals surface area contributed by atoms with Crippen molar-refractivity contribution in [1.82, 2.24) is 10.3 Å². The van der Waals surface area contributed by atoms with Crippen LogP contribution in [0.3, 0.4) is 0 Å². The zero-order valence-electron chi connectivity index (χ0n) is 14.4. The van der Waals surface area contributed by atoms with Crippen LogP contribution in [0.4, 0.5) is 5.69 Å². The van der Waals surface area contributed by atoms with E-state index in [9.17, 15) is 4.79 Å². The normalized spacial score (nSPS) is 13.4. The maximum Gasteiger partial charge on any atom is 0.238 e.